The molecule has 3 aromatic carbocycles. The van der Waals surface area contributed by atoms with Gasteiger partial charge < -0.3 is 10.2 Å². The molecule has 5 heteroatoms. The van der Waals surface area contributed by atoms with Crippen molar-refractivity contribution in [1.29, 1.82) is 0 Å². The lowest BCUT2D eigenvalue weighted by molar-refractivity contribution is -0.133. The lowest BCUT2D eigenvalue weighted by Gasteiger charge is -2.34. The summed E-state index contributed by atoms with van der Waals surface area (Å²) in [5.41, 5.74) is 4.02. The predicted octanol–water partition coefficient (Wildman–Crippen LogP) is 5.50. The molecule has 1 unspecified atom stereocenters. The number of carbonyl (C=O) groups excluding carboxylic acids is 1. The molecule has 5 rings (SSSR count). The molecule has 166 valence electrons. The van der Waals surface area contributed by atoms with Gasteiger partial charge in [0, 0.05) is 30.1 Å². The minimum Gasteiger partial charge on any atom is -0.351 e. The molecule has 1 aliphatic rings. The Morgan fingerprint density at radius 3 is 2.24 bits per heavy atom. The number of carbonyl (C=O) groups is 1. The molecular weight excluding hydrogens is 408 g/mol. The number of piperidine rings is 1. The summed E-state index contributed by atoms with van der Waals surface area (Å²) in [7, 11) is 0. The van der Waals surface area contributed by atoms with Crippen LogP contribution in [0.5, 0.6) is 0 Å². The van der Waals surface area contributed by atoms with Crippen LogP contribution in [0.25, 0.3) is 22.2 Å². The van der Waals surface area contributed by atoms with Crippen LogP contribution >= 0.6 is 0 Å². The van der Waals surface area contributed by atoms with Crippen LogP contribution in [0.1, 0.15) is 31.2 Å². The van der Waals surface area contributed by atoms with Gasteiger partial charge in [-0.1, -0.05) is 78.9 Å². The van der Waals surface area contributed by atoms with Crippen molar-refractivity contribution in [2.75, 3.05) is 18.4 Å². The van der Waals surface area contributed by atoms with Gasteiger partial charge in [-0.3, -0.25) is 4.79 Å². The Morgan fingerprint density at radius 1 is 0.879 bits per heavy atom. The molecule has 33 heavy (non-hydrogen) atoms. The highest BCUT2D eigenvalue weighted by molar-refractivity contribution is 5.93. The number of hydrogen-bond donors (Lipinski definition) is 1. The third-order valence-electron chi connectivity index (χ3n) is 6.46. The van der Waals surface area contributed by atoms with E-state index in [1.165, 1.54) is 0 Å². The number of hydrogen-bond acceptors (Lipinski definition) is 4. The van der Waals surface area contributed by atoms with E-state index in [1.54, 1.807) is 0 Å². The minimum absolute atomic E-state index is 0.118. The van der Waals surface area contributed by atoms with Crippen molar-refractivity contribution < 1.29 is 4.79 Å². The quantitative estimate of drug-likeness (QED) is 0.449. The Balaban J connectivity index is 1.29. The zero-order valence-electron chi connectivity index (χ0n) is 18.8. The first-order chi connectivity index (χ1) is 16.2. The van der Waals surface area contributed by atoms with E-state index in [2.05, 4.69) is 23.5 Å². The van der Waals surface area contributed by atoms with Crippen LogP contribution in [0.15, 0.2) is 84.9 Å². The van der Waals surface area contributed by atoms with Gasteiger partial charge in [0.15, 0.2) is 0 Å². The highest BCUT2D eigenvalue weighted by atomic mass is 16.2. The van der Waals surface area contributed by atoms with Crippen molar-refractivity contribution in [2.24, 2.45) is 0 Å². The third kappa shape index (κ3) is 4.58. The number of para-hydroxylation sites is 1. The maximum absolute atomic E-state index is 13.0. The summed E-state index contributed by atoms with van der Waals surface area (Å²) < 4.78 is 0. The smallest absolute Gasteiger partial charge is 0.229 e. The first-order valence-electron chi connectivity index (χ1n) is 11.6. The van der Waals surface area contributed by atoms with Gasteiger partial charge in [0.05, 0.1) is 17.1 Å². The summed E-state index contributed by atoms with van der Waals surface area (Å²) in [6.07, 6.45) is 1.76. The molecule has 5 nitrogen and oxygen atoms in total. The van der Waals surface area contributed by atoms with E-state index in [0.717, 1.165) is 53.7 Å². The monoisotopic (exact) mass is 436 g/mol. The van der Waals surface area contributed by atoms with Gasteiger partial charge in [0.25, 0.3) is 0 Å². The topological polar surface area (TPSA) is 58.1 Å². The van der Waals surface area contributed by atoms with Gasteiger partial charge in [-0.15, -0.1) is 0 Å². The Morgan fingerprint density at radius 2 is 1.52 bits per heavy atom. The fraction of sp³-hybridized carbons (Fsp3) is 0.250. The molecule has 1 N–H and O–H groups in total. The molecular formula is C28H28N4O. The first kappa shape index (κ1) is 21.1. The lowest BCUT2D eigenvalue weighted by atomic mass is 9.97. The molecule has 1 fully saturated rings. The van der Waals surface area contributed by atoms with Gasteiger partial charge in [0.2, 0.25) is 11.9 Å². The van der Waals surface area contributed by atoms with Gasteiger partial charge >= 0.3 is 0 Å². The Labute approximate surface area is 194 Å². The molecule has 0 radical (unpaired) electrons. The van der Waals surface area contributed by atoms with E-state index in [9.17, 15) is 4.79 Å². The van der Waals surface area contributed by atoms with Crippen molar-refractivity contribution >= 4 is 22.8 Å². The summed E-state index contributed by atoms with van der Waals surface area (Å²) in [5.74, 6) is 0.732. The molecule has 1 aliphatic heterocycles. The number of anilines is 1. The normalized spacial score (nSPS) is 15.4. The van der Waals surface area contributed by atoms with Crippen LogP contribution in [0.2, 0.25) is 0 Å². The van der Waals surface area contributed by atoms with Crippen LogP contribution in [-0.2, 0) is 4.79 Å². The Bertz CT molecular complexity index is 1230. The molecule has 0 bridgehead atoms. The van der Waals surface area contributed by atoms with E-state index in [4.69, 9.17) is 9.97 Å². The van der Waals surface area contributed by atoms with Crippen LogP contribution in [0.3, 0.4) is 0 Å². The summed E-state index contributed by atoms with van der Waals surface area (Å²) in [5, 5.41) is 4.59. The summed E-state index contributed by atoms with van der Waals surface area (Å²) in [6, 6.07) is 28.6. The van der Waals surface area contributed by atoms with Crippen LogP contribution < -0.4 is 5.32 Å². The highest BCUT2D eigenvalue weighted by Crippen LogP contribution is 2.28. The van der Waals surface area contributed by atoms with E-state index in [-0.39, 0.29) is 17.9 Å². The Kier molecular flexibility index (Phi) is 6.03. The largest absolute Gasteiger partial charge is 0.351 e. The number of rotatable bonds is 5. The molecule has 2 heterocycles. The average Bonchev–Trinajstić information content (AvgIpc) is 2.89. The van der Waals surface area contributed by atoms with Gasteiger partial charge in [-0.2, -0.15) is 0 Å². The molecule has 1 aromatic heterocycles. The van der Waals surface area contributed by atoms with E-state index >= 15 is 0 Å². The molecule has 1 saturated heterocycles. The molecule has 1 amide bonds. The maximum atomic E-state index is 13.0. The predicted molar refractivity (Wildman–Crippen MR) is 133 cm³/mol. The average molecular weight is 437 g/mol. The summed E-state index contributed by atoms with van der Waals surface area (Å²) in [4.78, 5) is 24.6. The summed E-state index contributed by atoms with van der Waals surface area (Å²) >= 11 is 0. The van der Waals surface area contributed by atoms with Crippen molar-refractivity contribution in [3.05, 3.63) is 90.5 Å². The Hall–Kier alpha value is -3.73. The lowest BCUT2D eigenvalue weighted by Crippen LogP contribution is -2.44. The molecule has 0 aliphatic carbocycles. The fourth-order valence-corrected chi connectivity index (χ4v) is 4.54. The van der Waals surface area contributed by atoms with Crippen molar-refractivity contribution in [2.45, 2.75) is 31.7 Å². The zero-order valence-corrected chi connectivity index (χ0v) is 18.8. The van der Waals surface area contributed by atoms with Gasteiger partial charge in [-0.25, -0.2) is 9.97 Å². The number of aromatic nitrogens is 2. The second-order valence-corrected chi connectivity index (χ2v) is 8.66. The molecule has 0 spiro atoms. The SMILES string of the molecule is CC(C(=O)N1CCC(Nc2nc(-c3ccccc3)c3ccccc3n2)CC1)c1ccccc1. The van der Waals surface area contributed by atoms with E-state index in [1.807, 2.05) is 78.6 Å². The van der Waals surface area contributed by atoms with Crippen LogP contribution in [0, 0.1) is 0 Å². The second-order valence-electron chi connectivity index (χ2n) is 8.66. The van der Waals surface area contributed by atoms with Crippen LogP contribution in [0.4, 0.5) is 5.95 Å². The minimum atomic E-state index is -0.118. The second kappa shape index (κ2) is 9.41. The van der Waals surface area contributed by atoms with Crippen molar-refractivity contribution in [3.8, 4) is 11.3 Å². The zero-order chi connectivity index (χ0) is 22.6. The van der Waals surface area contributed by atoms with Crippen molar-refractivity contribution in [1.82, 2.24) is 14.9 Å². The number of benzene rings is 3. The molecule has 4 aromatic rings. The number of nitrogens with zero attached hydrogens (tertiary/aromatic N) is 3. The number of likely N-dealkylation sites (tertiary alicyclic amines) is 1. The fourth-order valence-electron chi connectivity index (χ4n) is 4.54. The maximum Gasteiger partial charge on any atom is 0.229 e. The summed E-state index contributed by atoms with van der Waals surface area (Å²) in [6.45, 7) is 3.48. The molecule has 0 saturated carbocycles. The highest BCUT2D eigenvalue weighted by Gasteiger charge is 2.27. The number of fused-ring (bicyclic) bond motifs is 1. The van der Waals surface area contributed by atoms with Gasteiger partial charge in [0.1, 0.15) is 0 Å². The van der Waals surface area contributed by atoms with E-state index < -0.39 is 0 Å². The third-order valence-corrected chi connectivity index (χ3v) is 6.46. The number of amides is 1. The first-order valence-corrected chi connectivity index (χ1v) is 11.6. The van der Waals surface area contributed by atoms with Gasteiger partial charge in [-0.05, 0) is 31.4 Å². The standard InChI is InChI=1S/C28H28N4O/c1-20(21-10-4-2-5-11-21)27(33)32-18-16-23(17-19-32)29-28-30-25-15-9-8-14-24(25)26(31-28)22-12-6-3-7-13-22/h2-15,20,23H,16-19H2,1H3,(H,29,30,31). The van der Waals surface area contributed by atoms with Crippen LogP contribution in [-0.4, -0.2) is 39.9 Å². The number of nitrogens with one attached hydrogen (secondary N) is 1. The van der Waals surface area contributed by atoms with E-state index in [0.29, 0.717) is 5.95 Å². The molecule has 1 atom stereocenters. The van der Waals surface area contributed by atoms with Crippen molar-refractivity contribution in [3.63, 3.8) is 0 Å².